The van der Waals surface area contributed by atoms with Crippen molar-refractivity contribution in [3.8, 4) is 0 Å². The molecular formula is C17H26N2O. The minimum atomic E-state index is 0.148. The Morgan fingerprint density at radius 2 is 2.05 bits per heavy atom. The second-order valence-corrected chi connectivity index (χ2v) is 5.78. The highest BCUT2D eigenvalue weighted by atomic mass is 16.2. The van der Waals surface area contributed by atoms with Crippen molar-refractivity contribution in [2.45, 2.75) is 45.1 Å². The normalized spacial score (nSPS) is 22.5. The molecule has 1 aromatic rings. The van der Waals surface area contributed by atoms with E-state index in [-0.39, 0.29) is 12.0 Å². The van der Waals surface area contributed by atoms with Crippen LogP contribution in [-0.4, -0.2) is 29.9 Å². The van der Waals surface area contributed by atoms with Gasteiger partial charge in [0.25, 0.3) is 0 Å². The Labute approximate surface area is 122 Å². The molecule has 2 rings (SSSR count). The monoisotopic (exact) mass is 274 g/mol. The van der Waals surface area contributed by atoms with E-state index in [0.717, 1.165) is 45.2 Å². The van der Waals surface area contributed by atoms with Crippen LogP contribution in [0.15, 0.2) is 30.3 Å². The number of rotatable bonds is 5. The lowest BCUT2D eigenvalue weighted by atomic mass is 9.85. The molecular weight excluding hydrogens is 248 g/mol. The molecule has 1 aliphatic rings. The summed E-state index contributed by atoms with van der Waals surface area (Å²) < 4.78 is 0. The third-order valence-electron chi connectivity index (χ3n) is 4.27. The first-order valence-corrected chi connectivity index (χ1v) is 7.79. The molecule has 0 radical (unpaired) electrons. The van der Waals surface area contributed by atoms with Gasteiger partial charge >= 0.3 is 0 Å². The summed E-state index contributed by atoms with van der Waals surface area (Å²) in [4.78, 5) is 14.6. The lowest BCUT2D eigenvalue weighted by Crippen LogP contribution is -2.41. The number of carbonyl (C=O) groups is 1. The van der Waals surface area contributed by atoms with Crippen molar-refractivity contribution < 1.29 is 4.79 Å². The molecule has 0 spiro atoms. The van der Waals surface area contributed by atoms with Gasteiger partial charge in [0, 0.05) is 25.0 Å². The van der Waals surface area contributed by atoms with E-state index in [4.69, 9.17) is 5.73 Å². The number of carbonyl (C=O) groups excluding carboxylic acids is 1. The average Bonchev–Trinajstić information content (AvgIpc) is 2.48. The Bertz CT molecular complexity index is 418. The first-order chi connectivity index (χ1) is 9.70. The molecule has 0 aromatic heterocycles. The molecule has 1 aliphatic carbocycles. The van der Waals surface area contributed by atoms with Crippen LogP contribution in [0.3, 0.4) is 0 Å². The van der Waals surface area contributed by atoms with Crippen LogP contribution in [0, 0.1) is 5.92 Å². The van der Waals surface area contributed by atoms with Crippen LogP contribution in [0.5, 0.6) is 0 Å². The summed E-state index contributed by atoms with van der Waals surface area (Å²) >= 11 is 0. The molecule has 1 aromatic carbocycles. The molecule has 110 valence electrons. The molecule has 0 heterocycles. The van der Waals surface area contributed by atoms with Gasteiger partial charge in [0.05, 0.1) is 0 Å². The predicted molar refractivity (Wildman–Crippen MR) is 82.3 cm³/mol. The summed E-state index contributed by atoms with van der Waals surface area (Å²) in [5.74, 6) is 0.452. The number of nitrogens with two attached hydrogens (primary N) is 1. The molecule has 1 saturated carbocycles. The summed E-state index contributed by atoms with van der Waals surface area (Å²) in [6, 6.07) is 10.6. The summed E-state index contributed by atoms with van der Waals surface area (Å²) in [5.41, 5.74) is 7.29. The van der Waals surface area contributed by atoms with Gasteiger partial charge in [-0.25, -0.2) is 0 Å². The van der Waals surface area contributed by atoms with Crippen molar-refractivity contribution in [2.75, 3.05) is 13.1 Å². The molecule has 0 aliphatic heterocycles. The molecule has 1 fully saturated rings. The van der Waals surface area contributed by atoms with E-state index in [1.165, 1.54) is 5.56 Å². The van der Waals surface area contributed by atoms with Crippen LogP contribution in [-0.2, 0) is 11.2 Å². The molecule has 2 unspecified atom stereocenters. The largest absolute Gasteiger partial charge is 0.342 e. The minimum absolute atomic E-state index is 0.148. The Hall–Kier alpha value is -1.35. The zero-order valence-corrected chi connectivity index (χ0v) is 12.4. The highest BCUT2D eigenvalue weighted by Gasteiger charge is 2.28. The van der Waals surface area contributed by atoms with Crippen LogP contribution in [0.4, 0.5) is 0 Å². The van der Waals surface area contributed by atoms with Crippen molar-refractivity contribution in [2.24, 2.45) is 11.7 Å². The van der Waals surface area contributed by atoms with E-state index >= 15 is 0 Å². The topological polar surface area (TPSA) is 46.3 Å². The first kappa shape index (κ1) is 15.0. The summed E-state index contributed by atoms with van der Waals surface area (Å²) in [6.07, 6.45) is 4.96. The molecule has 2 atom stereocenters. The third kappa shape index (κ3) is 4.07. The van der Waals surface area contributed by atoms with Gasteiger partial charge in [-0.2, -0.15) is 0 Å². The maximum Gasteiger partial charge on any atom is 0.225 e. The van der Waals surface area contributed by atoms with Crippen LogP contribution in [0.25, 0.3) is 0 Å². The number of amides is 1. The highest BCUT2D eigenvalue weighted by molar-refractivity contribution is 5.79. The van der Waals surface area contributed by atoms with Gasteiger partial charge < -0.3 is 10.6 Å². The zero-order chi connectivity index (χ0) is 14.4. The third-order valence-corrected chi connectivity index (χ3v) is 4.27. The fourth-order valence-corrected chi connectivity index (χ4v) is 3.04. The summed E-state index contributed by atoms with van der Waals surface area (Å²) in [5, 5.41) is 0. The average molecular weight is 274 g/mol. The quantitative estimate of drug-likeness (QED) is 0.897. The van der Waals surface area contributed by atoms with Crippen LogP contribution >= 0.6 is 0 Å². The molecule has 3 heteroatoms. The molecule has 2 N–H and O–H groups in total. The lowest BCUT2D eigenvalue weighted by molar-refractivity contribution is -0.136. The van der Waals surface area contributed by atoms with Gasteiger partial charge in [-0.3, -0.25) is 4.79 Å². The number of hydrogen-bond acceptors (Lipinski definition) is 2. The van der Waals surface area contributed by atoms with E-state index in [9.17, 15) is 4.79 Å². The Balaban J connectivity index is 1.88. The fraction of sp³-hybridized carbons (Fsp3) is 0.588. The number of benzene rings is 1. The predicted octanol–water partition coefficient (Wildman–Crippen LogP) is 2.60. The summed E-state index contributed by atoms with van der Waals surface area (Å²) in [6.45, 7) is 3.66. The van der Waals surface area contributed by atoms with Crippen LogP contribution < -0.4 is 5.73 Å². The van der Waals surface area contributed by atoms with Gasteiger partial charge in [0.2, 0.25) is 5.91 Å². The van der Waals surface area contributed by atoms with Gasteiger partial charge in [0.1, 0.15) is 0 Å². The molecule has 20 heavy (non-hydrogen) atoms. The zero-order valence-electron chi connectivity index (χ0n) is 12.4. The van der Waals surface area contributed by atoms with Gasteiger partial charge in [0.15, 0.2) is 0 Å². The second-order valence-electron chi connectivity index (χ2n) is 5.78. The second kappa shape index (κ2) is 7.44. The SMILES string of the molecule is CCN(CCc1ccccc1)C(=O)C1CCCC(N)C1. The van der Waals surface area contributed by atoms with Crippen molar-refractivity contribution in [1.82, 2.24) is 4.90 Å². The number of hydrogen-bond donors (Lipinski definition) is 1. The minimum Gasteiger partial charge on any atom is -0.342 e. The molecule has 3 nitrogen and oxygen atoms in total. The Kier molecular flexibility index (Phi) is 5.60. The Morgan fingerprint density at radius 1 is 1.30 bits per heavy atom. The smallest absolute Gasteiger partial charge is 0.225 e. The van der Waals surface area contributed by atoms with E-state index in [2.05, 4.69) is 19.1 Å². The van der Waals surface area contributed by atoms with E-state index in [1.54, 1.807) is 0 Å². The van der Waals surface area contributed by atoms with Crippen molar-refractivity contribution in [3.05, 3.63) is 35.9 Å². The van der Waals surface area contributed by atoms with Crippen molar-refractivity contribution >= 4 is 5.91 Å². The standard InChI is InChI=1S/C17H26N2O/c1-2-19(12-11-14-7-4-3-5-8-14)17(20)15-9-6-10-16(18)13-15/h3-5,7-8,15-16H,2,6,9-13,18H2,1H3. The molecule has 0 bridgehead atoms. The molecule has 1 amide bonds. The van der Waals surface area contributed by atoms with Gasteiger partial charge in [-0.05, 0) is 38.2 Å². The maximum atomic E-state index is 12.6. The van der Waals surface area contributed by atoms with E-state index in [1.807, 2.05) is 23.1 Å². The van der Waals surface area contributed by atoms with Crippen molar-refractivity contribution in [1.29, 1.82) is 0 Å². The Morgan fingerprint density at radius 3 is 2.70 bits per heavy atom. The summed E-state index contributed by atoms with van der Waals surface area (Å²) in [7, 11) is 0. The molecule has 0 saturated heterocycles. The lowest BCUT2D eigenvalue weighted by Gasteiger charge is -2.31. The van der Waals surface area contributed by atoms with Gasteiger partial charge in [-0.15, -0.1) is 0 Å². The van der Waals surface area contributed by atoms with Crippen LogP contribution in [0.2, 0.25) is 0 Å². The van der Waals surface area contributed by atoms with E-state index < -0.39 is 0 Å². The number of likely N-dealkylation sites (N-methyl/N-ethyl adjacent to an activating group) is 1. The maximum absolute atomic E-state index is 12.6. The van der Waals surface area contributed by atoms with Crippen molar-refractivity contribution in [3.63, 3.8) is 0 Å². The van der Waals surface area contributed by atoms with E-state index in [0.29, 0.717) is 5.91 Å². The number of nitrogens with zero attached hydrogens (tertiary/aromatic N) is 1. The first-order valence-electron chi connectivity index (χ1n) is 7.79. The van der Waals surface area contributed by atoms with Gasteiger partial charge in [-0.1, -0.05) is 36.8 Å². The van der Waals surface area contributed by atoms with Crippen LogP contribution in [0.1, 0.15) is 38.2 Å². The fourth-order valence-electron chi connectivity index (χ4n) is 3.04. The highest BCUT2D eigenvalue weighted by Crippen LogP contribution is 2.25.